The molecule has 0 spiro atoms. The lowest BCUT2D eigenvalue weighted by Crippen LogP contribution is -2.16. The van der Waals surface area contributed by atoms with Crippen molar-refractivity contribution in [1.29, 1.82) is 0 Å². The van der Waals surface area contributed by atoms with Crippen LogP contribution in [0, 0.1) is 37.5 Å². The van der Waals surface area contributed by atoms with Crippen molar-refractivity contribution in [2.24, 2.45) is 17.6 Å². The Bertz CT molecular complexity index is 941. The molecule has 0 bridgehead atoms. The largest absolute Gasteiger partial charge is 0.381 e. The lowest BCUT2D eigenvalue weighted by molar-refractivity contribution is 0.180. The molecule has 30 heavy (non-hydrogen) atoms. The van der Waals surface area contributed by atoms with E-state index in [2.05, 4.69) is 69.9 Å². The van der Waals surface area contributed by atoms with Gasteiger partial charge in [0, 0.05) is 31.3 Å². The molecule has 158 valence electrons. The normalized spacial score (nSPS) is 17.8. The summed E-state index contributed by atoms with van der Waals surface area (Å²) in [5, 5.41) is 0. The first-order chi connectivity index (χ1) is 14.5. The molecule has 3 heteroatoms. The average Bonchev–Trinajstić information content (AvgIpc) is 3.29. The van der Waals surface area contributed by atoms with Crippen LogP contribution in [0.4, 0.5) is 0 Å². The van der Waals surface area contributed by atoms with E-state index in [0.29, 0.717) is 18.4 Å². The molecule has 3 rings (SSSR count). The van der Waals surface area contributed by atoms with Crippen LogP contribution in [0.3, 0.4) is 0 Å². The van der Waals surface area contributed by atoms with Gasteiger partial charge < -0.3 is 10.5 Å². The summed E-state index contributed by atoms with van der Waals surface area (Å²) >= 11 is 0. The number of aromatic nitrogens is 1. The van der Waals surface area contributed by atoms with Gasteiger partial charge in [0.1, 0.15) is 0 Å². The predicted molar refractivity (Wildman–Crippen MR) is 126 cm³/mol. The van der Waals surface area contributed by atoms with Gasteiger partial charge in [0.25, 0.3) is 0 Å². The van der Waals surface area contributed by atoms with Crippen molar-refractivity contribution in [1.82, 2.24) is 4.98 Å². The highest BCUT2D eigenvalue weighted by Crippen LogP contribution is 2.38. The minimum Gasteiger partial charge on any atom is -0.381 e. The van der Waals surface area contributed by atoms with Crippen LogP contribution in [0.1, 0.15) is 61.1 Å². The van der Waals surface area contributed by atoms with E-state index in [1.807, 2.05) is 6.20 Å². The molecule has 2 heterocycles. The van der Waals surface area contributed by atoms with Crippen molar-refractivity contribution < 1.29 is 4.74 Å². The lowest BCUT2D eigenvalue weighted by Gasteiger charge is -2.24. The monoisotopic (exact) mass is 402 g/mol. The van der Waals surface area contributed by atoms with Crippen molar-refractivity contribution >= 4 is 11.1 Å². The molecule has 1 aromatic heterocycles. The lowest BCUT2D eigenvalue weighted by atomic mass is 9.80. The Morgan fingerprint density at radius 2 is 2.10 bits per heavy atom. The third kappa shape index (κ3) is 5.19. The van der Waals surface area contributed by atoms with Gasteiger partial charge in [-0.3, -0.25) is 4.98 Å². The van der Waals surface area contributed by atoms with Crippen LogP contribution in [-0.2, 0) is 11.3 Å². The summed E-state index contributed by atoms with van der Waals surface area (Å²) in [5.41, 5.74) is 13.9. The molecule has 0 radical (unpaired) electrons. The number of allylic oxidation sites excluding steroid dienone is 2. The second kappa shape index (κ2) is 10.6. The summed E-state index contributed by atoms with van der Waals surface area (Å²) in [6, 6.07) is 10.8. The number of pyridine rings is 1. The number of unbranched alkanes of at least 4 members (excludes halogenated alkanes) is 1. The van der Waals surface area contributed by atoms with Crippen molar-refractivity contribution in [2.75, 3.05) is 13.2 Å². The molecule has 2 atom stereocenters. The van der Waals surface area contributed by atoms with Crippen molar-refractivity contribution in [2.45, 2.75) is 53.5 Å². The zero-order valence-electron chi connectivity index (χ0n) is 18.8. The summed E-state index contributed by atoms with van der Waals surface area (Å²) < 4.78 is 5.73. The van der Waals surface area contributed by atoms with Crippen LogP contribution >= 0.6 is 0 Å². The highest BCUT2D eigenvalue weighted by atomic mass is 16.5. The van der Waals surface area contributed by atoms with E-state index in [1.165, 1.54) is 22.3 Å². The van der Waals surface area contributed by atoms with Crippen LogP contribution in [0.5, 0.6) is 0 Å². The molecule has 1 fully saturated rings. The zero-order valence-corrected chi connectivity index (χ0v) is 18.8. The van der Waals surface area contributed by atoms with Gasteiger partial charge in [-0.2, -0.15) is 0 Å². The first-order valence-electron chi connectivity index (χ1n) is 11.1. The van der Waals surface area contributed by atoms with Crippen molar-refractivity contribution in [3.63, 3.8) is 0 Å². The number of aryl methyl sites for hydroxylation is 2. The number of nitrogens with two attached hydrogens (primary N) is 1. The number of rotatable bonds is 6. The second-order valence-electron chi connectivity index (χ2n) is 8.33. The van der Waals surface area contributed by atoms with E-state index in [1.54, 1.807) is 0 Å². The first-order valence-corrected chi connectivity index (χ1v) is 11.1. The molecule has 1 aliphatic rings. The van der Waals surface area contributed by atoms with Gasteiger partial charge in [-0.1, -0.05) is 55.5 Å². The van der Waals surface area contributed by atoms with Gasteiger partial charge in [-0.15, -0.1) is 0 Å². The van der Waals surface area contributed by atoms with E-state index >= 15 is 0 Å². The number of nitrogens with zero attached hydrogens (tertiary/aromatic N) is 1. The third-order valence-electron chi connectivity index (χ3n) is 5.97. The standard InChI is InChI=1S/C27H34N2O/c1-5-6-7-8-25(24-11-9-19(2)15-20(24)3)27(21(4)23-13-14-30-18-23)26-12-10-22(16-28)17-29-26/h9-12,15,17,21,23H,5-6,13-14,16,18,28H2,1-4H3. The van der Waals surface area contributed by atoms with Gasteiger partial charge >= 0.3 is 0 Å². The summed E-state index contributed by atoms with van der Waals surface area (Å²) in [6.07, 6.45) is 4.92. The first kappa shape index (κ1) is 22.3. The SMILES string of the molecule is CCCC#CC(=C(c1ccc(CN)cn1)C(C)C1CCOC1)c1ccc(C)cc1C. The topological polar surface area (TPSA) is 48.1 Å². The average molecular weight is 403 g/mol. The fourth-order valence-corrected chi connectivity index (χ4v) is 4.13. The summed E-state index contributed by atoms with van der Waals surface area (Å²) in [7, 11) is 0. The highest BCUT2D eigenvalue weighted by molar-refractivity contribution is 5.99. The zero-order chi connectivity index (χ0) is 21.5. The number of ether oxygens (including phenoxy) is 1. The second-order valence-corrected chi connectivity index (χ2v) is 8.33. The quantitative estimate of drug-likeness (QED) is 0.645. The van der Waals surface area contributed by atoms with Crippen LogP contribution in [0.2, 0.25) is 0 Å². The molecular formula is C27H34N2O. The summed E-state index contributed by atoms with van der Waals surface area (Å²) in [4.78, 5) is 4.82. The maximum absolute atomic E-state index is 5.81. The Kier molecular flexibility index (Phi) is 7.85. The number of hydrogen-bond donors (Lipinski definition) is 1. The Balaban J connectivity index is 2.24. The van der Waals surface area contributed by atoms with Crippen LogP contribution < -0.4 is 5.73 Å². The molecule has 1 aromatic carbocycles. The van der Waals surface area contributed by atoms with Gasteiger partial charge in [0.15, 0.2) is 0 Å². The van der Waals surface area contributed by atoms with Crippen LogP contribution in [0.25, 0.3) is 11.1 Å². The maximum Gasteiger partial charge on any atom is 0.0677 e. The smallest absolute Gasteiger partial charge is 0.0677 e. The fraction of sp³-hybridized carbons (Fsp3) is 0.444. The predicted octanol–water partition coefficient (Wildman–Crippen LogP) is 5.54. The highest BCUT2D eigenvalue weighted by Gasteiger charge is 2.29. The fourth-order valence-electron chi connectivity index (χ4n) is 4.13. The Morgan fingerprint density at radius 3 is 2.70 bits per heavy atom. The van der Waals surface area contributed by atoms with E-state index in [0.717, 1.165) is 49.3 Å². The summed E-state index contributed by atoms with van der Waals surface area (Å²) in [6.45, 7) is 10.9. The van der Waals surface area contributed by atoms with Gasteiger partial charge in [-0.25, -0.2) is 0 Å². The minimum atomic E-state index is 0.301. The Hall–Kier alpha value is -2.41. The number of benzene rings is 1. The molecule has 1 aliphatic heterocycles. The van der Waals surface area contributed by atoms with Gasteiger partial charge in [0.2, 0.25) is 0 Å². The van der Waals surface area contributed by atoms with E-state index in [9.17, 15) is 0 Å². The molecule has 1 saturated heterocycles. The van der Waals surface area contributed by atoms with Crippen LogP contribution in [0.15, 0.2) is 36.5 Å². The molecule has 2 unspecified atom stereocenters. The van der Waals surface area contributed by atoms with Crippen molar-refractivity contribution in [3.8, 4) is 11.8 Å². The van der Waals surface area contributed by atoms with E-state index < -0.39 is 0 Å². The molecule has 2 N–H and O–H groups in total. The molecule has 3 nitrogen and oxygen atoms in total. The minimum absolute atomic E-state index is 0.301. The molecule has 0 saturated carbocycles. The van der Waals surface area contributed by atoms with Crippen molar-refractivity contribution in [3.05, 3.63) is 64.5 Å². The molecular weight excluding hydrogens is 368 g/mol. The van der Waals surface area contributed by atoms with Gasteiger partial charge in [0.05, 0.1) is 12.3 Å². The summed E-state index contributed by atoms with van der Waals surface area (Å²) in [5.74, 6) is 7.74. The maximum atomic E-state index is 5.81. The molecule has 2 aromatic rings. The Morgan fingerprint density at radius 1 is 1.27 bits per heavy atom. The molecule has 0 aliphatic carbocycles. The van der Waals surface area contributed by atoms with E-state index in [-0.39, 0.29) is 0 Å². The molecule has 0 amide bonds. The Labute approximate surface area is 181 Å². The van der Waals surface area contributed by atoms with Gasteiger partial charge in [-0.05, 0) is 66.9 Å². The number of hydrogen-bond acceptors (Lipinski definition) is 3. The van der Waals surface area contributed by atoms with E-state index in [4.69, 9.17) is 15.5 Å². The van der Waals surface area contributed by atoms with Crippen LogP contribution in [-0.4, -0.2) is 18.2 Å². The third-order valence-corrected chi connectivity index (χ3v) is 5.97.